The highest BCUT2D eigenvalue weighted by molar-refractivity contribution is 6.31. The second kappa shape index (κ2) is 8.35. The van der Waals surface area contributed by atoms with Crippen molar-refractivity contribution in [2.45, 2.75) is 38.6 Å². The van der Waals surface area contributed by atoms with Gasteiger partial charge in [-0.05, 0) is 38.1 Å². The standard InChI is InChI=1S/C19H19ClF4N4O2/c1-3-27(11-4-5-14(21)13(20)7-11)17(30)15-8-12(29)9-28(15)18-25-10(2)6-16(26-18)19(22,23)24/h4-7,12,15,29H,3,8-9H2,1-2H3/t12-,15-/m0/s1. The van der Waals surface area contributed by atoms with Gasteiger partial charge in [-0.15, -0.1) is 0 Å². The van der Waals surface area contributed by atoms with E-state index in [1.807, 2.05) is 0 Å². The molecular weight excluding hydrogens is 428 g/mol. The van der Waals surface area contributed by atoms with Crippen LogP contribution in [0.3, 0.4) is 0 Å². The van der Waals surface area contributed by atoms with Crippen LogP contribution in [-0.2, 0) is 11.0 Å². The highest BCUT2D eigenvalue weighted by Gasteiger charge is 2.41. The number of halogens is 5. The number of carbonyl (C=O) groups excluding carboxylic acids is 1. The first-order chi connectivity index (χ1) is 14.0. The van der Waals surface area contributed by atoms with Gasteiger partial charge in [0, 0.05) is 30.9 Å². The fraction of sp³-hybridized carbons (Fsp3) is 0.421. The molecule has 1 aliphatic heterocycles. The highest BCUT2D eigenvalue weighted by Crippen LogP contribution is 2.32. The van der Waals surface area contributed by atoms with Crippen molar-refractivity contribution in [3.8, 4) is 0 Å². The molecule has 1 saturated heterocycles. The number of aryl methyl sites for hydroxylation is 1. The maximum Gasteiger partial charge on any atom is 0.433 e. The number of carbonyl (C=O) groups is 1. The van der Waals surface area contributed by atoms with E-state index in [4.69, 9.17) is 11.6 Å². The van der Waals surface area contributed by atoms with E-state index in [2.05, 4.69) is 9.97 Å². The molecule has 0 bridgehead atoms. The van der Waals surface area contributed by atoms with Gasteiger partial charge in [0.1, 0.15) is 17.6 Å². The summed E-state index contributed by atoms with van der Waals surface area (Å²) in [5, 5.41) is 9.96. The average molecular weight is 447 g/mol. The minimum atomic E-state index is -4.68. The van der Waals surface area contributed by atoms with Crippen LogP contribution < -0.4 is 9.80 Å². The number of hydrogen-bond donors (Lipinski definition) is 1. The molecule has 162 valence electrons. The third-order valence-corrected chi connectivity index (χ3v) is 5.04. The first-order valence-corrected chi connectivity index (χ1v) is 9.53. The summed E-state index contributed by atoms with van der Waals surface area (Å²) in [6.45, 7) is 3.18. The second-order valence-electron chi connectivity index (χ2n) is 6.93. The summed E-state index contributed by atoms with van der Waals surface area (Å²) in [5.41, 5.74) is -0.718. The summed E-state index contributed by atoms with van der Waals surface area (Å²) in [6, 6.07) is 3.61. The topological polar surface area (TPSA) is 69.6 Å². The molecule has 0 radical (unpaired) electrons. The van der Waals surface area contributed by atoms with Crippen molar-refractivity contribution in [3.63, 3.8) is 0 Å². The number of aliphatic hydroxyl groups is 1. The van der Waals surface area contributed by atoms with Gasteiger partial charge in [-0.25, -0.2) is 14.4 Å². The van der Waals surface area contributed by atoms with Crippen LogP contribution in [0.15, 0.2) is 24.3 Å². The smallest absolute Gasteiger partial charge is 0.391 e. The van der Waals surface area contributed by atoms with E-state index in [0.717, 1.165) is 12.1 Å². The molecule has 0 aliphatic carbocycles. The lowest BCUT2D eigenvalue weighted by Gasteiger charge is -2.30. The van der Waals surface area contributed by atoms with Crippen LogP contribution in [0.1, 0.15) is 24.7 Å². The lowest BCUT2D eigenvalue weighted by molar-refractivity contribution is -0.141. The maximum atomic E-state index is 13.5. The van der Waals surface area contributed by atoms with Crippen LogP contribution >= 0.6 is 11.6 Å². The third-order valence-electron chi connectivity index (χ3n) is 4.75. The number of aliphatic hydroxyl groups excluding tert-OH is 1. The van der Waals surface area contributed by atoms with Crippen LogP contribution in [0.5, 0.6) is 0 Å². The van der Waals surface area contributed by atoms with E-state index in [-0.39, 0.29) is 36.2 Å². The zero-order chi connectivity index (χ0) is 22.2. The molecule has 0 saturated carbocycles. The summed E-state index contributed by atoms with van der Waals surface area (Å²) in [4.78, 5) is 23.4. The maximum absolute atomic E-state index is 13.5. The van der Waals surface area contributed by atoms with Crippen LogP contribution in [0, 0.1) is 12.7 Å². The minimum absolute atomic E-state index is 0.0110. The molecule has 0 spiro atoms. The molecule has 1 aromatic heterocycles. The number of nitrogens with zero attached hydrogens (tertiary/aromatic N) is 4. The summed E-state index contributed by atoms with van der Waals surface area (Å²) >= 11 is 5.81. The Morgan fingerprint density at radius 1 is 1.33 bits per heavy atom. The summed E-state index contributed by atoms with van der Waals surface area (Å²) in [6.07, 6.45) is -5.64. The van der Waals surface area contributed by atoms with Crippen LogP contribution in [0.4, 0.5) is 29.2 Å². The molecule has 1 amide bonds. The highest BCUT2D eigenvalue weighted by atomic mass is 35.5. The predicted molar refractivity (Wildman–Crippen MR) is 103 cm³/mol. The number of likely N-dealkylation sites (N-methyl/N-ethyl adjacent to an activating group) is 1. The Morgan fingerprint density at radius 2 is 2.03 bits per heavy atom. The van der Waals surface area contributed by atoms with Gasteiger partial charge < -0.3 is 14.9 Å². The zero-order valence-electron chi connectivity index (χ0n) is 16.1. The summed E-state index contributed by atoms with van der Waals surface area (Å²) in [7, 11) is 0. The van der Waals surface area contributed by atoms with Gasteiger partial charge in [0.15, 0.2) is 0 Å². The van der Waals surface area contributed by atoms with Crippen molar-refractivity contribution in [1.29, 1.82) is 0 Å². The van der Waals surface area contributed by atoms with Gasteiger partial charge in [-0.3, -0.25) is 4.79 Å². The molecule has 6 nitrogen and oxygen atoms in total. The molecule has 1 aliphatic rings. The number of anilines is 2. The monoisotopic (exact) mass is 446 g/mol. The number of rotatable bonds is 4. The van der Waals surface area contributed by atoms with Crippen molar-refractivity contribution in [1.82, 2.24) is 9.97 Å². The largest absolute Gasteiger partial charge is 0.433 e. The molecule has 1 N–H and O–H groups in total. The number of aromatic nitrogens is 2. The molecule has 1 fully saturated rings. The van der Waals surface area contributed by atoms with Crippen LogP contribution in [0.25, 0.3) is 0 Å². The van der Waals surface area contributed by atoms with Crippen molar-refractivity contribution in [2.24, 2.45) is 0 Å². The van der Waals surface area contributed by atoms with E-state index in [9.17, 15) is 27.5 Å². The Kier molecular flexibility index (Phi) is 6.19. The Labute approximate surface area is 175 Å². The number of β-amino-alcohol motifs (C(OH)–C–C–N with tert-alkyl or cyclic N) is 1. The normalized spacial score (nSPS) is 19.3. The fourth-order valence-corrected chi connectivity index (χ4v) is 3.57. The fourth-order valence-electron chi connectivity index (χ4n) is 3.39. The van der Waals surface area contributed by atoms with E-state index in [0.29, 0.717) is 5.69 Å². The van der Waals surface area contributed by atoms with Gasteiger partial charge in [-0.2, -0.15) is 13.2 Å². The molecule has 2 atom stereocenters. The number of alkyl halides is 3. The number of benzene rings is 1. The molecule has 2 heterocycles. The first kappa shape index (κ1) is 22.2. The molecule has 0 unspecified atom stereocenters. The quantitative estimate of drug-likeness (QED) is 0.727. The number of hydrogen-bond acceptors (Lipinski definition) is 5. The molecule has 2 aromatic rings. The molecule has 11 heteroatoms. The van der Waals surface area contributed by atoms with Crippen molar-refractivity contribution in [2.75, 3.05) is 22.9 Å². The van der Waals surface area contributed by atoms with E-state index < -0.39 is 35.7 Å². The van der Waals surface area contributed by atoms with Crippen molar-refractivity contribution < 1.29 is 27.5 Å². The molecular formula is C19H19ClF4N4O2. The Bertz CT molecular complexity index is 957. The predicted octanol–water partition coefficient (Wildman–Crippen LogP) is 3.59. The van der Waals surface area contributed by atoms with Gasteiger partial charge in [0.05, 0.1) is 11.1 Å². The molecule has 1 aromatic carbocycles. The van der Waals surface area contributed by atoms with Crippen LogP contribution in [-0.4, -0.2) is 46.2 Å². The van der Waals surface area contributed by atoms with Gasteiger partial charge in [-0.1, -0.05) is 11.6 Å². The Morgan fingerprint density at radius 3 is 2.63 bits per heavy atom. The van der Waals surface area contributed by atoms with E-state index >= 15 is 0 Å². The van der Waals surface area contributed by atoms with E-state index in [1.165, 1.54) is 28.9 Å². The average Bonchev–Trinajstić information content (AvgIpc) is 3.06. The second-order valence-corrected chi connectivity index (χ2v) is 7.34. The van der Waals surface area contributed by atoms with E-state index in [1.54, 1.807) is 6.92 Å². The van der Waals surface area contributed by atoms with Gasteiger partial charge >= 0.3 is 6.18 Å². The van der Waals surface area contributed by atoms with Crippen LogP contribution in [0.2, 0.25) is 5.02 Å². The lowest BCUT2D eigenvalue weighted by atomic mass is 10.1. The molecule has 3 rings (SSSR count). The zero-order valence-corrected chi connectivity index (χ0v) is 16.9. The molecule has 30 heavy (non-hydrogen) atoms. The van der Waals surface area contributed by atoms with Gasteiger partial charge in [0.2, 0.25) is 11.9 Å². The first-order valence-electron chi connectivity index (χ1n) is 9.15. The third kappa shape index (κ3) is 4.49. The lowest BCUT2D eigenvalue weighted by Crippen LogP contribution is -2.46. The number of amides is 1. The SMILES string of the molecule is CCN(C(=O)[C@@H]1C[C@H](O)CN1c1nc(C)cc(C(F)(F)F)n1)c1ccc(F)c(Cl)c1. The Balaban J connectivity index is 1.97. The van der Waals surface area contributed by atoms with Crippen molar-refractivity contribution >= 4 is 29.1 Å². The summed E-state index contributed by atoms with van der Waals surface area (Å²) < 4.78 is 53.0. The minimum Gasteiger partial charge on any atom is -0.391 e. The van der Waals surface area contributed by atoms with Crippen molar-refractivity contribution in [3.05, 3.63) is 46.5 Å². The summed E-state index contributed by atoms with van der Waals surface area (Å²) in [5.74, 6) is -1.42. The van der Waals surface area contributed by atoms with Gasteiger partial charge in [0.25, 0.3) is 0 Å². The Hall–Kier alpha value is -2.46.